The van der Waals surface area contributed by atoms with Gasteiger partial charge in [0.15, 0.2) is 5.75 Å². The number of amides is 1. The lowest BCUT2D eigenvalue weighted by Crippen LogP contribution is -2.27. The molecule has 2 aromatic carbocycles. The van der Waals surface area contributed by atoms with Gasteiger partial charge in [-0.1, -0.05) is 29.8 Å². The summed E-state index contributed by atoms with van der Waals surface area (Å²) in [6, 6.07) is 9.94. The van der Waals surface area contributed by atoms with E-state index in [2.05, 4.69) is 10.6 Å². The summed E-state index contributed by atoms with van der Waals surface area (Å²) in [6.45, 7) is 2.75. The molecule has 0 N–H and O–H groups in total. The molecular weight excluding hydrogens is 374 g/mol. The normalized spacial score (nSPS) is 19.2. The first-order valence-corrected chi connectivity index (χ1v) is 10.1. The van der Waals surface area contributed by atoms with E-state index in [-0.39, 0.29) is 12.0 Å². The zero-order valence-electron chi connectivity index (χ0n) is 16.0. The van der Waals surface area contributed by atoms with Crippen molar-refractivity contribution in [3.63, 3.8) is 0 Å². The van der Waals surface area contributed by atoms with Gasteiger partial charge in [0, 0.05) is 36.2 Å². The molecule has 1 fully saturated rings. The number of anilines is 1. The summed E-state index contributed by atoms with van der Waals surface area (Å²) in [6.07, 6.45) is 3.05. The number of benzene rings is 2. The average Bonchev–Trinajstić information content (AvgIpc) is 3.25. The van der Waals surface area contributed by atoms with Gasteiger partial charge in [-0.15, -0.1) is 0 Å². The van der Waals surface area contributed by atoms with Gasteiger partial charge in [-0.05, 0) is 38.3 Å². The minimum atomic E-state index is -0.115. The lowest BCUT2D eigenvalue weighted by atomic mass is 9.95. The third kappa shape index (κ3) is 2.60. The maximum atomic E-state index is 12.5. The second kappa shape index (κ2) is 6.52. The number of ether oxygens (including phenoxy) is 1. The number of rotatable bonds is 2. The minimum Gasteiger partial charge on any atom is -0.483 e. The van der Waals surface area contributed by atoms with E-state index in [0.717, 1.165) is 70.3 Å². The second-order valence-corrected chi connectivity index (χ2v) is 8.01. The van der Waals surface area contributed by atoms with Crippen molar-refractivity contribution < 1.29 is 9.53 Å². The first kappa shape index (κ1) is 17.6. The van der Waals surface area contributed by atoms with Gasteiger partial charge in [0.2, 0.25) is 5.91 Å². The van der Waals surface area contributed by atoms with Gasteiger partial charge in [-0.2, -0.15) is 0 Å². The lowest BCUT2D eigenvalue weighted by molar-refractivity contribution is -0.117. The van der Waals surface area contributed by atoms with E-state index in [1.54, 1.807) is 0 Å². The molecule has 1 aromatic heterocycles. The Balaban J connectivity index is 1.69. The summed E-state index contributed by atoms with van der Waals surface area (Å²) in [7, 11) is 2.00. The molecule has 0 spiro atoms. The van der Waals surface area contributed by atoms with Crippen LogP contribution in [0.15, 0.2) is 30.3 Å². The summed E-state index contributed by atoms with van der Waals surface area (Å²) in [4.78, 5) is 19.1. The van der Waals surface area contributed by atoms with Crippen molar-refractivity contribution in [3.8, 4) is 5.75 Å². The molecule has 1 amide bonds. The monoisotopic (exact) mass is 395 g/mol. The van der Waals surface area contributed by atoms with Gasteiger partial charge < -0.3 is 14.2 Å². The van der Waals surface area contributed by atoms with Gasteiger partial charge in [-0.25, -0.2) is 4.98 Å². The van der Waals surface area contributed by atoms with E-state index in [1.807, 2.05) is 43.1 Å². The Kier molecular flexibility index (Phi) is 4.09. The first-order chi connectivity index (χ1) is 13.5. The number of nitrogens with zero attached hydrogens (tertiary/aromatic N) is 3. The lowest BCUT2D eigenvalue weighted by Gasteiger charge is -2.30. The van der Waals surface area contributed by atoms with Crippen molar-refractivity contribution >= 4 is 34.2 Å². The zero-order chi connectivity index (χ0) is 19.4. The number of aryl methyl sites for hydroxylation is 2. The molecule has 1 atom stereocenters. The Morgan fingerprint density at radius 1 is 1.25 bits per heavy atom. The highest BCUT2D eigenvalue weighted by Crippen LogP contribution is 2.46. The van der Waals surface area contributed by atoms with E-state index in [0.29, 0.717) is 6.42 Å². The number of carbonyl (C=O) groups is 1. The Hall–Kier alpha value is -2.53. The molecule has 0 bridgehead atoms. The third-order valence-corrected chi connectivity index (χ3v) is 6.31. The molecule has 3 heterocycles. The number of carbonyl (C=O) groups excluding carboxylic acids is 1. The molecule has 6 heteroatoms. The Bertz CT molecular complexity index is 1100. The summed E-state index contributed by atoms with van der Waals surface area (Å²) < 4.78 is 8.58. The standard InChI is InChI=1S/C22H22ClN3O2/c1-13-24-21-18(25(13)2)12-17(26-11-5-8-20(26)27)15-9-10-19(28-22(15)21)14-6-3-4-7-16(14)23/h3-4,6-7,12,19H,5,8-11H2,1-2H3/t19-/m0/s1. The van der Waals surface area contributed by atoms with E-state index >= 15 is 0 Å². The van der Waals surface area contributed by atoms with Crippen LogP contribution in [-0.4, -0.2) is 22.0 Å². The Morgan fingerprint density at radius 2 is 2.07 bits per heavy atom. The third-order valence-electron chi connectivity index (χ3n) is 5.97. The number of aromatic nitrogens is 2. The number of hydrogen-bond donors (Lipinski definition) is 0. The zero-order valence-corrected chi connectivity index (χ0v) is 16.8. The molecule has 3 aromatic rings. The number of halogens is 1. The van der Waals surface area contributed by atoms with Crippen molar-refractivity contribution in [1.29, 1.82) is 0 Å². The number of hydrogen-bond acceptors (Lipinski definition) is 3. The molecule has 5 rings (SSSR count). The van der Waals surface area contributed by atoms with Crippen LogP contribution in [0.4, 0.5) is 5.69 Å². The van der Waals surface area contributed by atoms with Crippen LogP contribution in [0.1, 0.15) is 42.3 Å². The maximum absolute atomic E-state index is 12.5. The number of fused-ring (bicyclic) bond motifs is 3. The maximum Gasteiger partial charge on any atom is 0.227 e. The van der Waals surface area contributed by atoms with Crippen molar-refractivity contribution in [2.75, 3.05) is 11.4 Å². The van der Waals surface area contributed by atoms with E-state index in [4.69, 9.17) is 21.3 Å². The molecule has 28 heavy (non-hydrogen) atoms. The molecule has 2 aliphatic heterocycles. The summed E-state index contributed by atoms with van der Waals surface area (Å²) in [5, 5.41) is 0.718. The molecule has 0 radical (unpaired) electrons. The smallest absolute Gasteiger partial charge is 0.227 e. The van der Waals surface area contributed by atoms with Gasteiger partial charge >= 0.3 is 0 Å². The fourth-order valence-corrected chi connectivity index (χ4v) is 4.64. The highest BCUT2D eigenvalue weighted by Gasteiger charge is 2.32. The molecular formula is C22H22ClN3O2. The van der Waals surface area contributed by atoms with Crippen LogP contribution in [-0.2, 0) is 18.3 Å². The van der Waals surface area contributed by atoms with Crippen molar-refractivity contribution in [2.45, 2.75) is 38.7 Å². The molecule has 144 valence electrons. The van der Waals surface area contributed by atoms with Crippen molar-refractivity contribution in [1.82, 2.24) is 9.55 Å². The van der Waals surface area contributed by atoms with Crippen LogP contribution >= 0.6 is 11.6 Å². The fourth-order valence-electron chi connectivity index (χ4n) is 4.38. The fraction of sp³-hybridized carbons (Fsp3) is 0.364. The van der Waals surface area contributed by atoms with Crippen LogP contribution in [0.2, 0.25) is 5.02 Å². The summed E-state index contributed by atoms with van der Waals surface area (Å²) >= 11 is 6.43. The van der Waals surface area contributed by atoms with Crippen LogP contribution in [0, 0.1) is 6.92 Å². The molecule has 0 unspecified atom stereocenters. The number of imidazole rings is 1. The summed E-state index contributed by atoms with van der Waals surface area (Å²) in [5.41, 5.74) is 4.92. The molecule has 5 nitrogen and oxygen atoms in total. The van der Waals surface area contributed by atoms with Crippen LogP contribution < -0.4 is 9.64 Å². The van der Waals surface area contributed by atoms with E-state index in [1.165, 1.54) is 0 Å². The van der Waals surface area contributed by atoms with Crippen molar-refractivity contribution in [3.05, 3.63) is 52.3 Å². The Labute approximate surface area is 168 Å². The van der Waals surface area contributed by atoms with Gasteiger partial charge in [-0.3, -0.25) is 4.79 Å². The minimum absolute atomic E-state index is 0.115. The van der Waals surface area contributed by atoms with Gasteiger partial charge in [0.1, 0.15) is 17.4 Å². The van der Waals surface area contributed by atoms with Gasteiger partial charge in [0.05, 0.1) is 11.2 Å². The summed E-state index contributed by atoms with van der Waals surface area (Å²) in [5.74, 6) is 1.91. The van der Waals surface area contributed by atoms with Crippen molar-refractivity contribution in [2.24, 2.45) is 7.05 Å². The second-order valence-electron chi connectivity index (χ2n) is 7.60. The quantitative estimate of drug-likeness (QED) is 0.630. The Morgan fingerprint density at radius 3 is 2.82 bits per heavy atom. The predicted octanol–water partition coefficient (Wildman–Crippen LogP) is 4.73. The van der Waals surface area contributed by atoms with Crippen LogP contribution in [0.25, 0.3) is 11.0 Å². The van der Waals surface area contributed by atoms with Crippen LogP contribution in [0.5, 0.6) is 5.75 Å². The van der Waals surface area contributed by atoms with Gasteiger partial charge in [0.25, 0.3) is 0 Å². The average molecular weight is 396 g/mol. The SMILES string of the molecule is Cc1nc2c3c(c(N4CCCC4=O)cc2n1C)CC[C@@H](c1ccccc1Cl)O3. The van der Waals surface area contributed by atoms with E-state index < -0.39 is 0 Å². The van der Waals surface area contributed by atoms with Crippen LogP contribution in [0.3, 0.4) is 0 Å². The molecule has 2 aliphatic rings. The highest BCUT2D eigenvalue weighted by atomic mass is 35.5. The van der Waals surface area contributed by atoms with E-state index in [9.17, 15) is 4.79 Å². The highest BCUT2D eigenvalue weighted by molar-refractivity contribution is 6.31. The molecule has 0 saturated carbocycles. The molecule has 0 aliphatic carbocycles. The molecule has 1 saturated heterocycles. The first-order valence-electron chi connectivity index (χ1n) is 9.75. The largest absolute Gasteiger partial charge is 0.483 e. The predicted molar refractivity (Wildman–Crippen MR) is 110 cm³/mol. The topological polar surface area (TPSA) is 47.4 Å².